The van der Waals surface area contributed by atoms with Gasteiger partial charge in [-0.2, -0.15) is 0 Å². The van der Waals surface area contributed by atoms with E-state index >= 15 is 0 Å². The van der Waals surface area contributed by atoms with Gasteiger partial charge in [0.05, 0.1) is 19.3 Å². The van der Waals surface area contributed by atoms with Crippen molar-refractivity contribution in [1.82, 2.24) is 19.4 Å². The van der Waals surface area contributed by atoms with Crippen LogP contribution in [0.15, 0.2) is 55.0 Å². The highest BCUT2D eigenvalue weighted by molar-refractivity contribution is 5.28. The van der Waals surface area contributed by atoms with E-state index in [0.717, 1.165) is 43.8 Å². The lowest BCUT2D eigenvalue weighted by Crippen LogP contribution is -2.38. The van der Waals surface area contributed by atoms with E-state index in [1.807, 2.05) is 31.2 Å². The van der Waals surface area contributed by atoms with Crippen molar-refractivity contribution in [3.8, 4) is 11.8 Å². The summed E-state index contributed by atoms with van der Waals surface area (Å²) >= 11 is 0. The maximum atomic E-state index is 10.9. The summed E-state index contributed by atoms with van der Waals surface area (Å²) in [7, 11) is 0. The number of fused-ring (bicyclic) bond motifs is 1. The molecule has 0 N–H and O–H groups in total. The molecule has 35 heavy (non-hydrogen) atoms. The summed E-state index contributed by atoms with van der Waals surface area (Å²) < 4.78 is 19.5. The Kier molecular flexibility index (Phi) is 6.65. The van der Waals surface area contributed by atoms with Crippen molar-refractivity contribution in [3.63, 3.8) is 0 Å². The molecule has 1 aromatic carbocycles. The zero-order valence-electron chi connectivity index (χ0n) is 19.7. The Hall–Kier alpha value is -3.50. The molecule has 1 saturated heterocycles. The largest absolute Gasteiger partial charge is 0.489 e. The number of likely N-dealkylation sites (tertiary alicyclic amines) is 1. The van der Waals surface area contributed by atoms with Crippen LogP contribution in [0.4, 0.5) is 5.82 Å². The zero-order valence-corrected chi connectivity index (χ0v) is 19.7. The summed E-state index contributed by atoms with van der Waals surface area (Å²) in [6.07, 6.45) is 7.36. The molecule has 10 nitrogen and oxygen atoms in total. The van der Waals surface area contributed by atoms with Crippen LogP contribution in [-0.2, 0) is 24.4 Å². The number of hydrogen-bond acceptors (Lipinski definition) is 8. The fourth-order valence-electron chi connectivity index (χ4n) is 4.47. The van der Waals surface area contributed by atoms with Gasteiger partial charge in [0, 0.05) is 37.0 Å². The summed E-state index contributed by atoms with van der Waals surface area (Å²) in [4.78, 5) is 20.7. The molecule has 1 fully saturated rings. The first kappa shape index (κ1) is 23.3. The fraction of sp³-hybridized carbons (Fsp3) is 0.440. The Morgan fingerprint density at radius 1 is 1.14 bits per heavy atom. The Bertz CT molecular complexity index is 1120. The summed E-state index contributed by atoms with van der Waals surface area (Å²) in [5.74, 6) is 0.553. The minimum atomic E-state index is -0.625. The van der Waals surface area contributed by atoms with Crippen LogP contribution in [0.3, 0.4) is 0 Å². The standard InChI is InChI=1S/C25H29N5O5/c1-25(17-29-15-23(30(31)32)27-24(29)35-25)18-34-21-4-2-19(3-5-21)14-28-12-8-22(9-13-28)33-16-20-6-10-26-11-7-20/h2-7,10-11,15,22H,8-9,12-14,16-18H2,1H3/t25-/m1/s1. The van der Waals surface area contributed by atoms with Crippen LogP contribution in [0.5, 0.6) is 11.8 Å². The van der Waals surface area contributed by atoms with Gasteiger partial charge in [0.1, 0.15) is 18.6 Å². The number of nitrogens with zero attached hydrogens (tertiary/aromatic N) is 5. The van der Waals surface area contributed by atoms with E-state index in [-0.39, 0.29) is 11.8 Å². The Morgan fingerprint density at radius 3 is 2.57 bits per heavy atom. The molecular formula is C25H29N5O5. The van der Waals surface area contributed by atoms with Crippen LogP contribution in [0.25, 0.3) is 0 Å². The molecule has 0 amide bonds. The lowest BCUT2D eigenvalue weighted by Gasteiger charge is -2.32. The Morgan fingerprint density at radius 2 is 1.89 bits per heavy atom. The molecule has 3 aromatic rings. The summed E-state index contributed by atoms with van der Waals surface area (Å²) in [5, 5.41) is 10.9. The van der Waals surface area contributed by atoms with Gasteiger partial charge in [0.2, 0.25) is 0 Å². The van der Waals surface area contributed by atoms with Gasteiger partial charge in [-0.25, -0.2) is 0 Å². The lowest BCUT2D eigenvalue weighted by atomic mass is 10.1. The monoisotopic (exact) mass is 479 g/mol. The minimum Gasteiger partial charge on any atom is -0.489 e. The van der Waals surface area contributed by atoms with Gasteiger partial charge in [-0.05, 0) is 60.1 Å². The highest BCUT2D eigenvalue weighted by Gasteiger charge is 2.41. The molecule has 184 valence electrons. The third-order valence-corrected chi connectivity index (χ3v) is 6.40. The number of pyridine rings is 1. The average Bonchev–Trinajstić information content (AvgIpc) is 3.40. The number of piperidine rings is 1. The molecular weight excluding hydrogens is 450 g/mol. The van der Waals surface area contributed by atoms with E-state index in [1.165, 1.54) is 11.8 Å². The molecule has 2 aliphatic heterocycles. The van der Waals surface area contributed by atoms with E-state index in [0.29, 0.717) is 25.9 Å². The maximum absolute atomic E-state index is 10.9. The van der Waals surface area contributed by atoms with Crippen LogP contribution >= 0.6 is 0 Å². The van der Waals surface area contributed by atoms with Gasteiger partial charge in [-0.1, -0.05) is 12.1 Å². The quantitative estimate of drug-likeness (QED) is 0.339. The van der Waals surface area contributed by atoms with Gasteiger partial charge in [-0.15, -0.1) is 0 Å². The summed E-state index contributed by atoms with van der Waals surface area (Å²) in [6, 6.07) is 12.4. The predicted octanol–water partition coefficient (Wildman–Crippen LogP) is 3.60. The van der Waals surface area contributed by atoms with Gasteiger partial charge in [-0.3, -0.25) is 14.5 Å². The second kappa shape index (κ2) is 10.0. The van der Waals surface area contributed by atoms with E-state index in [1.54, 1.807) is 17.0 Å². The number of benzene rings is 1. The summed E-state index contributed by atoms with van der Waals surface area (Å²) in [5.41, 5.74) is 1.78. The normalized spacial score (nSPS) is 20.4. The smallest absolute Gasteiger partial charge is 0.415 e. The molecule has 4 heterocycles. The fourth-order valence-corrected chi connectivity index (χ4v) is 4.47. The number of nitro groups is 1. The summed E-state index contributed by atoms with van der Waals surface area (Å²) in [6.45, 7) is 6.25. The van der Waals surface area contributed by atoms with Crippen molar-refractivity contribution >= 4 is 5.82 Å². The molecule has 5 rings (SSSR count). The van der Waals surface area contributed by atoms with Crippen molar-refractivity contribution < 1.29 is 19.1 Å². The van der Waals surface area contributed by atoms with E-state index in [9.17, 15) is 10.1 Å². The SMILES string of the molecule is C[C@]1(COc2ccc(CN3CCC(OCc4ccncc4)CC3)cc2)Cn2cc([N+](=O)[O-])nc2O1. The van der Waals surface area contributed by atoms with E-state index < -0.39 is 10.5 Å². The first-order chi connectivity index (χ1) is 17.0. The minimum absolute atomic E-state index is 0.208. The molecule has 0 bridgehead atoms. The predicted molar refractivity (Wildman–Crippen MR) is 127 cm³/mol. The topological polar surface area (TPSA) is 105 Å². The van der Waals surface area contributed by atoms with Crippen LogP contribution < -0.4 is 9.47 Å². The van der Waals surface area contributed by atoms with Crippen molar-refractivity contribution in [2.45, 2.75) is 51.2 Å². The van der Waals surface area contributed by atoms with Crippen molar-refractivity contribution in [1.29, 1.82) is 0 Å². The van der Waals surface area contributed by atoms with Gasteiger partial charge in [0.25, 0.3) is 0 Å². The molecule has 0 spiro atoms. The Labute approximate surface area is 203 Å². The first-order valence-corrected chi connectivity index (χ1v) is 11.8. The molecule has 0 saturated carbocycles. The number of hydrogen-bond donors (Lipinski definition) is 0. The lowest BCUT2D eigenvalue weighted by molar-refractivity contribution is -0.389. The highest BCUT2D eigenvalue weighted by atomic mass is 16.6. The van der Waals surface area contributed by atoms with Crippen LogP contribution in [0, 0.1) is 10.1 Å². The van der Waals surface area contributed by atoms with Crippen molar-refractivity contribution in [3.05, 3.63) is 76.2 Å². The molecule has 0 aliphatic carbocycles. The van der Waals surface area contributed by atoms with Gasteiger partial charge in [0.15, 0.2) is 5.60 Å². The maximum Gasteiger partial charge on any atom is 0.415 e. The third-order valence-electron chi connectivity index (χ3n) is 6.40. The number of rotatable bonds is 9. The van der Waals surface area contributed by atoms with Crippen molar-refractivity contribution in [2.75, 3.05) is 19.7 Å². The second-order valence-electron chi connectivity index (χ2n) is 9.39. The van der Waals surface area contributed by atoms with Crippen LogP contribution in [0.1, 0.15) is 30.9 Å². The molecule has 0 radical (unpaired) electrons. The number of imidazole rings is 1. The molecule has 2 aromatic heterocycles. The van der Waals surface area contributed by atoms with Gasteiger partial charge >= 0.3 is 11.8 Å². The molecule has 10 heteroatoms. The second-order valence-corrected chi connectivity index (χ2v) is 9.39. The molecule has 2 aliphatic rings. The third kappa shape index (κ3) is 5.77. The van der Waals surface area contributed by atoms with Crippen LogP contribution in [-0.4, -0.2) is 55.8 Å². The highest BCUT2D eigenvalue weighted by Crippen LogP contribution is 2.31. The zero-order chi connectivity index (χ0) is 24.3. The number of aromatic nitrogens is 3. The molecule has 1 atom stereocenters. The van der Waals surface area contributed by atoms with Crippen LogP contribution in [0.2, 0.25) is 0 Å². The first-order valence-electron chi connectivity index (χ1n) is 11.8. The van der Waals surface area contributed by atoms with Gasteiger partial charge < -0.3 is 24.3 Å². The molecule has 0 unspecified atom stereocenters. The van der Waals surface area contributed by atoms with Crippen molar-refractivity contribution in [2.24, 2.45) is 0 Å². The van der Waals surface area contributed by atoms with E-state index in [2.05, 4.69) is 27.0 Å². The average molecular weight is 480 g/mol. The van der Waals surface area contributed by atoms with E-state index in [4.69, 9.17) is 14.2 Å². The number of ether oxygens (including phenoxy) is 3. The Balaban J connectivity index is 1.04.